The van der Waals surface area contributed by atoms with Crippen molar-refractivity contribution in [1.82, 2.24) is 4.98 Å². The average Bonchev–Trinajstić information content (AvgIpc) is 3.17. The van der Waals surface area contributed by atoms with E-state index >= 15 is 0 Å². The number of ether oxygens (including phenoxy) is 1. The molecule has 0 aliphatic rings. The minimum Gasteiger partial charge on any atom is -0.494 e. The van der Waals surface area contributed by atoms with Crippen LogP contribution in [0.2, 0.25) is 0 Å². The van der Waals surface area contributed by atoms with Gasteiger partial charge in [0, 0.05) is 11.1 Å². The van der Waals surface area contributed by atoms with E-state index in [0.29, 0.717) is 27.5 Å². The summed E-state index contributed by atoms with van der Waals surface area (Å²) in [7, 11) is 1.60. The van der Waals surface area contributed by atoms with Gasteiger partial charge < -0.3 is 4.74 Å². The molecule has 0 aliphatic carbocycles. The van der Waals surface area contributed by atoms with Gasteiger partial charge in [0.15, 0.2) is 5.13 Å². The van der Waals surface area contributed by atoms with Crippen molar-refractivity contribution >= 4 is 32.6 Å². The van der Waals surface area contributed by atoms with Gasteiger partial charge in [0.1, 0.15) is 11.3 Å². The number of amides is 1. The van der Waals surface area contributed by atoms with Gasteiger partial charge in [-0.3, -0.25) is 10.1 Å². The molecule has 136 valence electrons. The topological polar surface area (TPSA) is 75.0 Å². The largest absolute Gasteiger partial charge is 0.494 e. The maximum Gasteiger partial charge on any atom is 0.257 e. The summed E-state index contributed by atoms with van der Waals surface area (Å²) < 4.78 is 6.39. The Hall–Kier alpha value is -3.69. The third kappa shape index (κ3) is 3.31. The van der Waals surface area contributed by atoms with Gasteiger partial charge in [-0.15, -0.1) is 0 Å². The molecule has 0 bridgehead atoms. The number of nitriles is 1. The van der Waals surface area contributed by atoms with E-state index in [1.54, 1.807) is 31.4 Å². The Labute approximate surface area is 165 Å². The number of thiazole rings is 1. The highest BCUT2D eigenvalue weighted by molar-refractivity contribution is 7.23. The fraction of sp³-hybridized carbons (Fsp3) is 0.0455. The fourth-order valence-electron chi connectivity index (χ4n) is 2.91. The normalized spacial score (nSPS) is 10.4. The summed E-state index contributed by atoms with van der Waals surface area (Å²) in [6.07, 6.45) is 0. The Morgan fingerprint density at radius 1 is 1.07 bits per heavy atom. The van der Waals surface area contributed by atoms with Crippen molar-refractivity contribution in [2.24, 2.45) is 0 Å². The molecule has 0 unspecified atom stereocenters. The number of carbonyl (C=O) groups is 1. The summed E-state index contributed by atoms with van der Waals surface area (Å²) >= 11 is 1.40. The molecule has 1 N–H and O–H groups in total. The number of aromatic nitrogens is 1. The Balaban J connectivity index is 1.72. The van der Waals surface area contributed by atoms with Gasteiger partial charge >= 0.3 is 0 Å². The average molecular weight is 385 g/mol. The molecule has 4 rings (SSSR count). The van der Waals surface area contributed by atoms with Crippen LogP contribution in [0.4, 0.5) is 5.13 Å². The van der Waals surface area contributed by atoms with Gasteiger partial charge in [-0.25, -0.2) is 4.98 Å². The van der Waals surface area contributed by atoms with Crippen LogP contribution >= 0.6 is 11.3 Å². The van der Waals surface area contributed by atoms with E-state index in [1.807, 2.05) is 48.5 Å². The van der Waals surface area contributed by atoms with Gasteiger partial charge in [-0.05, 0) is 42.0 Å². The van der Waals surface area contributed by atoms with Crippen LogP contribution in [0.25, 0.3) is 21.3 Å². The lowest BCUT2D eigenvalue weighted by molar-refractivity contribution is 0.102. The predicted octanol–water partition coefficient (Wildman–Crippen LogP) is 5.10. The number of hydrogen-bond acceptors (Lipinski definition) is 5. The third-order valence-electron chi connectivity index (χ3n) is 4.31. The molecule has 5 nitrogen and oxygen atoms in total. The standard InChI is InChI=1S/C22H15N3O2S/c1-27-18-12-11-17(15-5-3-2-4-6-15)20-19(18)24-22(28-20)25-21(26)16-9-7-14(13-23)8-10-16/h2-12H,1H3,(H,24,25,26). The van der Waals surface area contributed by atoms with Crippen molar-refractivity contribution in [2.45, 2.75) is 0 Å². The van der Waals surface area contributed by atoms with Crippen molar-refractivity contribution in [2.75, 3.05) is 12.4 Å². The quantitative estimate of drug-likeness (QED) is 0.530. The molecule has 1 amide bonds. The number of nitrogens with zero attached hydrogens (tertiary/aromatic N) is 2. The highest BCUT2D eigenvalue weighted by Crippen LogP contribution is 2.39. The summed E-state index contributed by atoms with van der Waals surface area (Å²) in [4.78, 5) is 17.1. The number of hydrogen-bond donors (Lipinski definition) is 1. The second-order valence-corrected chi connectivity index (χ2v) is 7.02. The minimum absolute atomic E-state index is 0.274. The number of anilines is 1. The molecule has 1 aromatic heterocycles. The zero-order chi connectivity index (χ0) is 19.5. The molecule has 0 saturated heterocycles. The smallest absolute Gasteiger partial charge is 0.257 e. The lowest BCUT2D eigenvalue weighted by atomic mass is 10.1. The monoisotopic (exact) mass is 385 g/mol. The van der Waals surface area contributed by atoms with Crippen molar-refractivity contribution < 1.29 is 9.53 Å². The third-order valence-corrected chi connectivity index (χ3v) is 5.31. The summed E-state index contributed by atoms with van der Waals surface area (Å²) in [6.45, 7) is 0. The number of rotatable bonds is 4. The lowest BCUT2D eigenvalue weighted by Crippen LogP contribution is -2.11. The molecule has 0 atom stereocenters. The Morgan fingerprint density at radius 3 is 2.50 bits per heavy atom. The molecule has 0 fully saturated rings. The number of carbonyl (C=O) groups excluding carboxylic acids is 1. The van der Waals surface area contributed by atoms with Gasteiger partial charge in [0.25, 0.3) is 5.91 Å². The van der Waals surface area contributed by atoms with E-state index in [0.717, 1.165) is 15.8 Å². The molecule has 3 aromatic carbocycles. The molecular weight excluding hydrogens is 370 g/mol. The first-order chi connectivity index (χ1) is 13.7. The van der Waals surface area contributed by atoms with E-state index < -0.39 is 0 Å². The highest BCUT2D eigenvalue weighted by Gasteiger charge is 2.16. The molecule has 28 heavy (non-hydrogen) atoms. The molecule has 6 heteroatoms. The van der Waals surface area contributed by atoms with Crippen LogP contribution in [0.5, 0.6) is 5.75 Å². The van der Waals surface area contributed by atoms with E-state index in [-0.39, 0.29) is 5.91 Å². The zero-order valence-corrected chi connectivity index (χ0v) is 15.8. The second kappa shape index (κ2) is 7.51. The van der Waals surface area contributed by atoms with E-state index in [4.69, 9.17) is 10.00 Å². The van der Waals surface area contributed by atoms with Gasteiger partial charge in [0.2, 0.25) is 0 Å². The van der Waals surface area contributed by atoms with Crippen LogP contribution in [0.1, 0.15) is 15.9 Å². The van der Waals surface area contributed by atoms with Gasteiger partial charge in [-0.2, -0.15) is 5.26 Å². The zero-order valence-electron chi connectivity index (χ0n) is 15.0. The SMILES string of the molecule is COc1ccc(-c2ccccc2)c2sc(NC(=O)c3ccc(C#N)cc3)nc12. The number of fused-ring (bicyclic) bond motifs is 1. The Bertz CT molecular complexity index is 1190. The van der Waals surface area contributed by atoms with Crippen molar-refractivity contribution in [3.8, 4) is 22.9 Å². The molecule has 0 spiro atoms. The van der Waals surface area contributed by atoms with Crippen molar-refractivity contribution in [3.05, 3.63) is 77.9 Å². The van der Waals surface area contributed by atoms with Crippen LogP contribution in [0.3, 0.4) is 0 Å². The first-order valence-electron chi connectivity index (χ1n) is 8.54. The molecule has 0 saturated carbocycles. The first kappa shape index (κ1) is 17.7. The maximum absolute atomic E-state index is 12.5. The Morgan fingerprint density at radius 2 is 1.82 bits per heavy atom. The first-order valence-corrected chi connectivity index (χ1v) is 9.35. The molecule has 0 aliphatic heterocycles. The fourth-order valence-corrected chi connectivity index (χ4v) is 3.92. The maximum atomic E-state index is 12.5. The van der Waals surface area contributed by atoms with Crippen LogP contribution in [-0.4, -0.2) is 18.0 Å². The number of benzene rings is 3. The summed E-state index contributed by atoms with van der Waals surface area (Å²) in [5.74, 6) is 0.383. The van der Waals surface area contributed by atoms with E-state index in [1.165, 1.54) is 11.3 Å². The van der Waals surface area contributed by atoms with Gasteiger partial charge in [-0.1, -0.05) is 41.7 Å². The molecule has 1 heterocycles. The highest BCUT2D eigenvalue weighted by atomic mass is 32.1. The van der Waals surface area contributed by atoms with E-state index in [9.17, 15) is 4.79 Å². The van der Waals surface area contributed by atoms with Crippen LogP contribution < -0.4 is 10.1 Å². The van der Waals surface area contributed by atoms with E-state index in [2.05, 4.69) is 10.3 Å². The molecule has 0 radical (unpaired) electrons. The summed E-state index contributed by atoms with van der Waals surface area (Å²) in [5.41, 5.74) is 3.79. The summed E-state index contributed by atoms with van der Waals surface area (Å²) in [6, 6.07) is 22.4. The molecule has 4 aromatic rings. The van der Waals surface area contributed by atoms with Crippen LogP contribution in [0.15, 0.2) is 66.7 Å². The minimum atomic E-state index is -0.274. The molecular formula is C22H15N3O2S. The number of nitrogens with one attached hydrogen (secondary N) is 1. The van der Waals surface area contributed by atoms with Crippen molar-refractivity contribution in [1.29, 1.82) is 5.26 Å². The summed E-state index contributed by atoms with van der Waals surface area (Å²) in [5, 5.41) is 12.2. The van der Waals surface area contributed by atoms with Crippen LogP contribution in [-0.2, 0) is 0 Å². The Kier molecular flexibility index (Phi) is 4.75. The number of methoxy groups -OCH3 is 1. The second-order valence-electron chi connectivity index (χ2n) is 6.02. The lowest BCUT2D eigenvalue weighted by Gasteiger charge is -2.05. The van der Waals surface area contributed by atoms with Crippen molar-refractivity contribution in [3.63, 3.8) is 0 Å². The predicted molar refractivity (Wildman–Crippen MR) is 111 cm³/mol. The van der Waals surface area contributed by atoms with Gasteiger partial charge in [0.05, 0.1) is 23.4 Å². The van der Waals surface area contributed by atoms with Crippen LogP contribution in [0, 0.1) is 11.3 Å².